The van der Waals surface area contributed by atoms with Gasteiger partial charge in [-0.3, -0.25) is 0 Å². The molecule has 0 spiro atoms. The number of allylic oxidation sites excluding steroid dienone is 2. The van der Waals surface area contributed by atoms with E-state index >= 15 is 0 Å². The second-order valence-electron chi connectivity index (χ2n) is 3.82. The van der Waals surface area contributed by atoms with Crippen molar-refractivity contribution in [2.24, 2.45) is 0 Å². The van der Waals surface area contributed by atoms with Crippen molar-refractivity contribution >= 4 is 0 Å². The Kier molecular flexibility index (Phi) is 2.05. The first-order valence-electron chi connectivity index (χ1n) is 4.97. The number of ether oxygens (including phenoxy) is 1. The van der Waals surface area contributed by atoms with Crippen LogP contribution in [0.2, 0.25) is 0 Å². The average molecular weight is 180 g/mol. The molecule has 2 aliphatic rings. The van der Waals surface area contributed by atoms with Crippen LogP contribution in [0.5, 0.6) is 0 Å². The van der Waals surface area contributed by atoms with Crippen LogP contribution in [-0.2, 0) is 4.74 Å². The molecule has 1 saturated heterocycles. The van der Waals surface area contributed by atoms with Crippen molar-refractivity contribution in [3.05, 3.63) is 24.3 Å². The fraction of sp³-hybridized carbons (Fsp3) is 0.636. The molecule has 1 heterocycles. The van der Waals surface area contributed by atoms with Crippen molar-refractivity contribution in [3.8, 4) is 0 Å². The molecule has 0 aromatic rings. The lowest BCUT2D eigenvalue weighted by atomic mass is 9.83. The summed E-state index contributed by atoms with van der Waals surface area (Å²) in [5.41, 5.74) is -0.258. The van der Waals surface area contributed by atoms with Crippen LogP contribution in [0, 0.1) is 0 Å². The highest BCUT2D eigenvalue weighted by molar-refractivity contribution is 5.38. The lowest BCUT2D eigenvalue weighted by Gasteiger charge is -2.15. The third-order valence-electron chi connectivity index (χ3n) is 2.99. The van der Waals surface area contributed by atoms with Gasteiger partial charge in [0.1, 0.15) is 11.2 Å². The molecule has 0 saturated carbocycles. The average Bonchev–Trinajstić information content (AvgIpc) is 2.74. The molecule has 2 nitrogen and oxygen atoms in total. The first-order chi connectivity index (χ1) is 6.29. The molecule has 1 fully saturated rings. The summed E-state index contributed by atoms with van der Waals surface area (Å²) in [6, 6.07) is 0. The monoisotopic (exact) mass is 180 g/mol. The summed E-state index contributed by atoms with van der Waals surface area (Å²) < 4.78 is 5.80. The van der Waals surface area contributed by atoms with E-state index in [1.54, 1.807) is 0 Å². The molecule has 72 valence electrons. The van der Waals surface area contributed by atoms with Crippen molar-refractivity contribution in [3.63, 3.8) is 0 Å². The first-order valence-corrected chi connectivity index (χ1v) is 4.97. The van der Waals surface area contributed by atoms with E-state index in [4.69, 9.17) is 9.84 Å². The van der Waals surface area contributed by atoms with E-state index in [2.05, 4.69) is 19.1 Å². The molecule has 2 atom stereocenters. The Labute approximate surface area is 78.9 Å². The van der Waals surface area contributed by atoms with E-state index in [0.29, 0.717) is 6.42 Å². The predicted molar refractivity (Wildman–Crippen MR) is 51.4 cm³/mol. The number of rotatable bonds is 4. The molecule has 1 aliphatic heterocycles. The molecular formula is C11H16O2. The number of aliphatic hydroxyl groups is 1. The maximum absolute atomic E-state index is 8.96. The summed E-state index contributed by atoms with van der Waals surface area (Å²) in [4.78, 5) is 0. The molecule has 13 heavy (non-hydrogen) atoms. The second kappa shape index (κ2) is 2.96. The summed E-state index contributed by atoms with van der Waals surface area (Å²) in [7, 11) is 0. The Balaban J connectivity index is 2.14. The van der Waals surface area contributed by atoms with Gasteiger partial charge in [-0.05, 0) is 18.6 Å². The van der Waals surface area contributed by atoms with Gasteiger partial charge in [-0.2, -0.15) is 0 Å². The van der Waals surface area contributed by atoms with Crippen molar-refractivity contribution < 1.29 is 9.84 Å². The minimum atomic E-state index is -0.174. The Morgan fingerprint density at radius 1 is 1.15 bits per heavy atom. The van der Waals surface area contributed by atoms with E-state index < -0.39 is 0 Å². The summed E-state index contributed by atoms with van der Waals surface area (Å²) in [6.45, 7) is 2.36. The van der Waals surface area contributed by atoms with Gasteiger partial charge < -0.3 is 9.84 Å². The number of epoxide rings is 1. The minimum Gasteiger partial charge on any atom is -0.396 e. The van der Waals surface area contributed by atoms with Crippen LogP contribution >= 0.6 is 0 Å². The van der Waals surface area contributed by atoms with Gasteiger partial charge in [0.25, 0.3) is 0 Å². The van der Waals surface area contributed by atoms with Crippen molar-refractivity contribution in [2.45, 2.75) is 37.4 Å². The highest BCUT2D eigenvalue weighted by atomic mass is 16.6. The van der Waals surface area contributed by atoms with Crippen molar-refractivity contribution in [2.75, 3.05) is 6.61 Å². The van der Waals surface area contributed by atoms with Crippen LogP contribution in [0.1, 0.15) is 26.2 Å². The van der Waals surface area contributed by atoms with Gasteiger partial charge in [-0.1, -0.05) is 25.5 Å². The van der Waals surface area contributed by atoms with Crippen LogP contribution in [0.25, 0.3) is 0 Å². The number of hydrogen-bond donors (Lipinski definition) is 1. The molecule has 0 aromatic carbocycles. The summed E-state index contributed by atoms with van der Waals surface area (Å²) >= 11 is 0. The predicted octanol–water partition coefficient (Wildman–Crippen LogP) is 1.80. The van der Waals surface area contributed by atoms with E-state index in [1.165, 1.54) is 0 Å². The molecule has 0 amide bonds. The standard InChI is InChI=1S/C11H16O2/c1-2-5-10-6-3-4-7-11(10,13-10)8-9-12/h3-4,6-7,12H,2,5,8-9H2,1H3. The van der Waals surface area contributed by atoms with Crippen LogP contribution in [0.4, 0.5) is 0 Å². The van der Waals surface area contributed by atoms with Gasteiger partial charge in [0.2, 0.25) is 0 Å². The summed E-state index contributed by atoms with van der Waals surface area (Å²) in [5, 5.41) is 8.96. The van der Waals surface area contributed by atoms with Crippen LogP contribution in [-0.4, -0.2) is 22.9 Å². The molecule has 1 N–H and O–H groups in total. The fourth-order valence-corrected chi connectivity index (χ4v) is 2.30. The van der Waals surface area contributed by atoms with E-state index in [1.807, 2.05) is 12.2 Å². The van der Waals surface area contributed by atoms with Crippen molar-refractivity contribution in [1.82, 2.24) is 0 Å². The number of hydrogen-bond acceptors (Lipinski definition) is 2. The van der Waals surface area contributed by atoms with Gasteiger partial charge in [0.05, 0.1) is 0 Å². The lowest BCUT2D eigenvalue weighted by Crippen LogP contribution is -2.25. The second-order valence-corrected chi connectivity index (χ2v) is 3.82. The molecule has 0 radical (unpaired) electrons. The zero-order valence-electron chi connectivity index (χ0n) is 7.99. The molecule has 1 aliphatic carbocycles. The number of fused-ring (bicyclic) bond motifs is 1. The Morgan fingerprint density at radius 2 is 1.77 bits per heavy atom. The quantitative estimate of drug-likeness (QED) is 0.669. The van der Waals surface area contributed by atoms with E-state index in [-0.39, 0.29) is 17.8 Å². The van der Waals surface area contributed by atoms with E-state index in [0.717, 1.165) is 12.8 Å². The lowest BCUT2D eigenvalue weighted by molar-refractivity contribution is 0.233. The normalized spacial score (nSPS) is 40.5. The van der Waals surface area contributed by atoms with Crippen LogP contribution in [0.3, 0.4) is 0 Å². The maximum atomic E-state index is 8.96. The van der Waals surface area contributed by atoms with Gasteiger partial charge in [0, 0.05) is 13.0 Å². The van der Waals surface area contributed by atoms with Gasteiger partial charge in [-0.25, -0.2) is 0 Å². The molecular weight excluding hydrogens is 164 g/mol. The highest BCUT2D eigenvalue weighted by Crippen LogP contribution is 2.56. The Hall–Kier alpha value is -0.600. The third-order valence-corrected chi connectivity index (χ3v) is 2.99. The van der Waals surface area contributed by atoms with Crippen LogP contribution in [0.15, 0.2) is 24.3 Å². The molecule has 2 heteroatoms. The first kappa shape index (κ1) is 8.97. The Morgan fingerprint density at radius 3 is 2.31 bits per heavy atom. The summed E-state index contributed by atoms with van der Waals surface area (Å²) in [6.07, 6.45) is 11.1. The van der Waals surface area contributed by atoms with Gasteiger partial charge in [-0.15, -0.1) is 0 Å². The number of aliphatic hydroxyl groups excluding tert-OH is 1. The maximum Gasteiger partial charge on any atom is 0.123 e. The van der Waals surface area contributed by atoms with Crippen LogP contribution < -0.4 is 0 Å². The third kappa shape index (κ3) is 1.17. The SMILES string of the molecule is CCCC12C=CC=CC1(CCO)O2. The minimum absolute atomic E-state index is 0.0841. The molecule has 2 rings (SSSR count). The zero-order chi connectivity index (χ0) is 9.36. The van der Waals surface area contributed by atoms with E-state index in [9.17, 15) is 0 Å². The topological polar surface area (TPSA) is 32.8 Å². The largest absolute Gasteiger partial charge is 0.396 e. The Bertz CT molecular complexity index is 231. The van der Waals surface area contributed by atoms with Crippen molar-refractivity contribution in [1.29, 1.82) is 0 Å². The fourth-order valence-electron chi connectivity index (χ4n) is 2.30. The smallest absolute Gasteiger partial charge is 0.123 e. The molecule has 0 aromatic heterocycles. The molecule has 0 bridgehead atoms. The highest BCUT2D eigenvalue weighted by Gasteiger charge is 2.66. The van der Waals surface area contributed by atoms with Gasteiger partial charge >= 0.3 is 0 Å². The molecule has 2 unspecified atom stereocenters. The van der Waals surface area contributed by atoms with Gasteiger partial charge in [0.15, 0.2) is 0 Å². The zero-order valence-corrected chi connectivity index (χ0v) is 7.99. The summed E-state index contributed by atoms with van der Waals surface area (Å²) in [5.74, 6) is 0.